The first kappa shape index (κ1) is 8.62. The third-order valence-electron chi connectivity index (χ3n) is 1.40. The van der Waals surface area contributed by atoms with Crippen molar-refractivity contribution in [1.82, 2.24) is 0 Å². The summed E-state index contributed by atoms with van der Waals surface area (Å²) >= 11 is 0. The number of hydrogen-bond acceptors (Lipinski definition) is 2. The molecule has 1 aromatic carbocycles. The number of hydrogen-bond donors (Lipinski definition) is 1. The average molecular weight is 169 g/mol. The van der Waals surface area contributed by atoms with E-state index in [-0.39, 0.29) is 0 Å². The Kier molecular flexibility index (Phi) is 2.36. The van der Waals surface area contributed by atoms with Crippen molar-refractivity contribution in [2.24, 2.45) is 0 Å². The van der Waals surface area contributed by atoms with Crippen LogP contribution in [0.25, 0.3) is 0 Å². The molecule has 0 aromatic heterocycles. The molecular weight excluding hydrogens is 164 g/mol. The molecule has 0 fully saturated rings. The van der Waals surface area contributed by atoms with E-state index in [1.54, 1.807) is 0 Å². The first-order chi connectivity index (χ1) is 5.66. The molecule has 1 unspecified atom stereocenters. The molecule has 4 heteroatoms. The number of nitrogens with zero attached hydrogens (tertiary/aromatic N) is 1. The molecule has 0 aliphatic carbocycles. The van der Waals surface area contributed by atoms with Crippen molar-refractivity contribution in [3.8, 4) is 6.07 Å². The number of aliphatic hydroxyl groups excluding tert-OH is 1. The van der Waals surface area contributed by atoms with Gasteiger partial charge in [0.15, 0.2) is 6.10 Å². The fourth-order valence-electron chi connectivity index (χ4n) is 0.836. The standard InChI is InChI=1S/C8H5F2NO/c9-5-2-1-3-6(10)8(5)7(12)4-11/h1-3,7,12H. The van der Waals surface area contributed by atoms with Crippen LogP contribution in [0.15, 0.2) is 18.2 Å². The van der Waals surface area contributed by atoms with E-state index in [0.29, 0.717) is 0 Å². The Morgan fingerprint density at radius 1 is 1.33 bits per heavy atom. The van der Waals surface area contributed by atoms with Gasteiger partial charge in [0.05, 0.1) is 11.6 Å². The Balaban J connectivity index is 3.23. The molecule has 0 aliphatic rings. The van der Waals surface area contributed by atoms with Gasteiger partial charge in [0.1, 0.15) is 11.6 Å². The van der Waals surface area contributed by atoms with Crippen LogP contribution in [-0.4, -0.2) is 5.11 Å². The molecule has 0 saturated carbocycles. The summed E-state index contributed by atoms with van der Waals surface area (Å²) in [6.07, 6.45) is -1.74. The van der Waals surface area contributed by atoms with Gasteiger partial charge in [-0.15, -0.1) is 0 Å². The molecule has 1 rings (SSSR count). The SMILES string of the molecule is N#CC(O)c1c(F)cccc1F. The summed E-state index contributed by atoms with van der Waals surface area (Å²) in [6, 6.07) is 4.47. The third-order valence-corrected chi connectivity index (χ3v) is 1.40. The van der Waals surface area contributed by atoms with E-state index < -0.39 is 23.3 Å². The van der Waals surface area contributed by atoms with Gasteiger partial charge in [0.2, 0.25) is 0 Å². The van der Waals surface area contributed by atoms with E-state index in [0.717, 1.165) is 18.2 Å². The summed E-state index contributed by atoms with van der Waals surface area (Å²) in [4.78, 5) is 0. The molecule has 0 saturated heterocycles. The molecule has 0 spiro atoms. The highest BCUT2D eigenvalue weighted by Gasteiger charge is 2.16. The normalized spacial score (nSPS) is 12.2. The molecular formula is C8H5F2NO. The van der Waals surface area contributed by atoms with Crippen LogP contribution in [0, 0.1) is 23.0 Å². The monoisotopic (exact) mass is 169 g/mol. The molecule has 0 radical (unpaired) electrons. The molecule has 12 heavy (non-hydrogen) atoms. The van der Waals surface area contributed by atoms with Crippen LogP contribution in [0.2, 0.25) is 0 Å². The van der Waals surface area contributed by atoms with Crippen molar-refractivity contribution in [2.75, 3.05) is 0 Å². The maximum Gasteiger partial charge on any atom is 0.171 e. The lowest BCUT2D eigenvalue weighted by molar-refractivity contribution is 0.224. The minimum atomic E-state index is -1.74. The van der Waals surface area contributed by atoms with Crippen LogP contribution in [0.3, 0.4) is 0 Å². The first-order valence-electron chi connectivity index (χ1n) is 3.18. The summed E-state index contributed by atoms with van der Waals surface area (Å²) in [5.74, 6) is -1.83. The molecule has 0 aliphatic heterocycles. The van der Waals surface area contributed by atoms with Crippen LogP contribution in [0.5, 0.6) is 0 Å². The minimum absolute atomic E-state index is 0.597. The van der Waals surface area contributed by atoms with Gasteiger partial charge in [0, 0.05) is 0 Å². The minimum Gasteiger partial charge on any atom is -0.374 e. The second-order valence-electron chi connectivity index (χ2n) is 2.17. The Morgan fingerprint density at radius 3 is 2.25 bits per heavy atom. The zero-order chi connectivity index (χ0) is 9.14. The number of aliphatic hydroxyl groups is 1. The smallest absolute Gasteiger partial charge is 0.171 e. The van der Waals surface area contributed by atoms with Crippen LogP contribution in [0.4, 0.5) is 8.78 Å². The summed E-state index contributed by atoms with van der Waals surface area (Å²) in [7, 11) is 0. The van der Waals surface area contributed by atoms with Crippen molar-refractivity contribution in [1.29, 1.82) is 5.26 Å². The van der Waals surface area contributed by atoms with E-state index in [1.165, 1.54) is 6.07 Å². The molecule has 62 valence electrons. The van der Waals surface area contributed by atoms with Crippen LogP contribution in [0.1, 0.15) is 11.7 Å². The van der Waals surface area contributed by atoms with Gasteiger partial charge in [-0.05, 0) is 12.1 Å². The molecule has 1 atom stereocenters. The number of nitriles is 1. The van der Waals surface area contributed by atoms with Crippen molar-refractivity contribution >= 4 is 0 Å². The van der Waals surface area contributed by atoms with E-state index in [4.69, 9.17) is 10.4 Å². The van der Waals surface area contributed by atoms with Gasteiger partial charge in [-0.1, -0.05) is 6.07 Å². The van der Waals surface area contributed by atoms with E-state index in [2.05, 4.69) is 0 Å². The van der Waals surface area contributed by atoms with Gasteiger partial charge < -0.3 is 5.11 Å². The predicted molar refractivity (Wildman–Crippen MR) is 36.9 cm³/mol. The molecule has 0 bridgehead atoms. The summed E-state index contributed by atoms with van der Waals surface area (Å²) in [5, 5.41) is 17.1. The fourth-order valence-corrected chi connectivity index (χ4v) is 0.836. The van der Waals surface area contributed by atoms with Gasteiger partial charge in [0.25, 0.3) is 0 Å². The van der Waals surface area contributed by atoms with E-state index >= 15 is 0 Å². The number of rotatable bonds is 1. The zero-order valence-electron chi connectivity index (χ0n) is 5.96. The highest BCUT2D eigenvalue weighted by atomic mass is 19.1. The van der Waals surface area contributed by atoms with Crippen molar-refractivity contribution in [3.05, 3.63) is 35.4 Å². The molecule has 1 N–H and O–H groups in total. The van der Waals surface area contributed by atoms with Crippen LogP contribution in [-0.2, 0) is 0 Å². The molecule has 0 heterocycles. The number of halogens is 2. The molecule has 0 amide bonds. The second kappa shape index (κ2) is 3.28. The third kappa shape index (κ3) is 1.41. The highest BCUT2D eigenvalue weighted by molar-refractivity contribution is 5.25. The van der Waals surface area contributed by atoms with Crippen molar-refractivity contribution in [2.45, 2.75) is 6.10 Å². The lowest BCUT2D eigenvalue weighted by Gasteiger charge is -2.03. The Bertz CT molecular complexity index is 312. The Morgan fingerprint density at radius 2 is 1.83 bits per heavy atom. The summed E-state index contributed by atoms with van der Waals surface area (Å²) in [5.41, 5.74) is -0.597. The first-order valence-corrected chi connectivity index (χ1v) is 3.18. The lowest BCUT2D eigenvalue weighted by Crippen LogP contribution is -2.01. The predicted octanol–water partition coefficient (Wildman–Crippen LogP) is 1.52. The van der Waals surface area contributed by atoms with E-state index in [9.17, 15) is 8.78 Å². The van der Waals surface area contributed by atoms with Gasteiger partial charge in [-0.25, -0.2) is 8.78 Å². The summed E-state index contributed by atoms with van der Waals surface area (Å²) in [6.45, 7) is 0. The average Bonchev–Trinajstić information content (AvgIpc) is 2.03. The van der Waals surface area contributed by atoms with Gasteiger partial charge >= 0.3 is 0 Å². The maximum atomic E-state index is 12.7. The lowest BCUT2D eigenvalue weighted by atomic mass is 10.1. The topological polar surface area (TPSA) is 44.0 Å². The zero-order valence-corrected chi connectivity index (χ0v) is 5.96. The van der Waals surface area contributed by atoms with Crippen LogP contribution < -0.4 is 0 Å². The van der Waals surface area contributed by atoms with Crippen molar-refractivity contribution in [3.63, 3.8) is 0 Å². The highest BCUT2D eigenvalue weighted by Crippen LogP contribution is 2.19. The molecule has 1 aromatic rings. The maximum absolute atomic E-state index is 12.7. The summed E-state index contributed by atoms with van der Waals surface area (Å²) < 4.78 is 25.5. The van der Waals surface area contributed by atoms with Gasteiger partial charge in [-0.2, -0.15) is 5.26 Å². The Labute approximate surface area is 67.7 Å². The van der Waals surface area contributed by atoms with Crippen molar-refractivity contribution < 1.29 is 13.9 Å². The Hall–Kier alpha value is -1.47. The number of benzene rings is 1. The van der Waals surface area contributed by atoms with E-state index in [1.807, 2.05) is 0 Å². The van der Waals surface area contributed by atoms with Crippen LogP contribution >= 0.6 is 0 Å². The quantitative estimate of drug-likeness (QED) is 0.647. The molecule has 2 nitrogen and oxygen atoms in total. The fraction of sp³-hybridized carbons (Fsp3) is 0.125. The largest absolute Gasteiger partial charge is 0.374 e. The van der Waals surface area contributed by atoms with Gasteiger partial charge in [-0.3, -0.25) is 0 Å². The second-order valence-corrected chi connectivity index (χ2v) is 2.17.